The molecular weight excluding hydrogens is 294 g/mol. The second-order valence-corrected chi connectivity index (χ2v) is 6.45. The van der Waals surface area contributed by atoms with Crippen LogP contribution in [0.25, 0.3) is 0 Å². The highest BCUT2D eigenvalue weighted by atomic mass is 35.5. The fourth-order valence-corrected chi connectivity index (χ4v) is 2.92. The molecule has 1 heterocycles. The molecule has 0 aliphatic carbocycles. The summed E-state index contributed by atoms with van der Waals surface area (Å²) in [6, 6.07) is 7.81. The topological polar surface area (TPSA) is 66.6 Å². The van der Waals surface area contributed by atoms with Gasteiger partial charge in [0.2, 0.25) is 0 Å². The highest BCUT2D eigenvalue weighted by Gasteiger charge is 2.19. The molecule has 3 N–H and O–H groups in total. The largest absolute Gasteiger partial charge is 0.410 e. The Morgan fingerprint density at radius 3 is 2.75 bits per heavy atom. The molecular formula is C14H19ClN3OS+. The molecule has 0 saturated carbocycles. The zero-order valence-corrected chi connectivity index (χ0v) is 13.2. The third-order valence-corrected chi connectivity index (χ3v) is 4.07. The van der Waals surface area contributed by atoms with E-state index in [0.29, 0.717) is 22.8 Å². The number of rotatable bonds is 6. The first-order valence-electron chi connectivity index (χ1n) is 6.59. The van der Waals surface area contributed by atoms with Crippen LogP contribution in [-0.4, -0.2) is 10.2 Å². The molecule has 0 unspecified atom stereocenters. The lowest BCUT2D eigenvalue weighted by Gasteiger charge is -2.05. The lowest BCUT2D eigenvalue weighted by Crippen LogP contribution is -2.54. The van der Waals surface area contributed by atoms with Crippen LogP contribution in [0.1, 0.15) is 37.8 Å². The van der Waals surface area contributed by atoms with Crippen molar-refractivity contribution in [2.45, 2.75) is 37.3 Å². The highest BCUT2D eigenvalue weighted by Crippen LogP contribution is 2.27. The van der Waals surface area contributed by atoms with Crippen LogP contribution in [0.15, 0.2) is 33.9 Å². The summed E-state index contributed by atoms with van der Waals surface area (Å²) in [6.45, 7) is 4.31. The van der Waals surface area contributed by atoms with Gasteiger partial charge in [0.05, 0.1) is 0 Å². The predicted octanol–water partition coefficient (Wildman–Crippen LogP) is 3.34. The molecule has 20 heavy (non-hydrogen) atoms. The Balaban J connectivity index is 1.95. The summed E-state index contributed by atoms with van der Waals surface area (Å²) in [5.41, 5.74) is 5.13. The second kappa shape index (κ2) is 7.11. The molecule has 4 nitrogen and oxygen atoms in total. The van der Waals surface area contributed by atoms with Crippen LogP contribution in [0, 0.1) is 5.92 Å². The van der Waals surface area contributed by atoms with Crippen molar-refractivity contribution in [3.63, 3.8) is 0 Å². The van der Waals surface area contributed by atoms with Crippen molar-refractivity contribution >= 4 is 23.4 Å². The summed E-state index contributed by atoms with van der Waals surface area (Å²) in [5.74, 6) is 1.89. The summed E-state index contributed by atoms with van der Waals surface area (Å²) in [4.78, 5) is 0. The Bertz CT molecular complexity index is 559. The molecule has 0 aliphatic rings. The van der Waals surface area contributed by atoms with Gasteiger partial charge in [-0.1, -0.05) is 55.4 Å². The number of halogens is 1. The summed E-state index contributed by atoms with van der Waals surface area (Å²) < 4.78 is 5.64. The molecule has 0 fully saturated rings. The normalized spacial score (nSPS) is 12.8. The maximum absolute atomic E-state index is 6.11. The van der Waals surface area contributed by atoms with Gasteiger partial charge in [0.25, 0.3) is 11.1 Å². The molecule has 0 aliphatic heterocycles. The first kappa shape index (κ1) is 15.4. The molecule has 0 amide bonds. The summed E-state index contributed by atoms with van der Waals surface area (Å²) in [7, 11) is 0. The minimum Gasteiger partial charge on any atom is -0.410 e. The van der Waals surface area contributed by atoms with Crippen molar-refractivity contribution in [3.05, 3.63) is 40.7 Å². The van der Waals surface area contributed by atoms with Gasteiger partial charge in [-0.3, -0.25) is 0 Å². The van der Waals surface area contributed by atoms with E-state index >= 15 is 0 Å². The van der Waals surface area contributed by atoms with Crippen LogP contribution in [0.2, 0.25) is 5.02 Å². The molecule has 0 spiro atoms. The van der Waals surface area contributed by atoms with Gasteiger partial charge in [-0.25, -0.2) is 0 Å². The van der Waals surface area contributed by atoms with Gasteiger partial charge < -0.3 is 10.2 Å². The van der Waals surface area contributed by atoms with Gasteiger partial charge in [0.15, 0.2) is 6.04 Å². The SMILES string of the molecule is CC(C)C[C@H]([NH3+])c1nnc(SCc2ccccc2Cl)o1. The predicted molar refractivity (Wildman–Crippen MR) is 80.4 cm³/mol. The van der Waals surface area contributed by atoms with Crippen LogP contribution < -0.4 is 5.73 Å². The fraction of sp³-hybridized carbons (Fsp3) is 0.429. The van der Waals surface area contributed by atoms with E-state index in [1.54, 1.807) is 0 Å². The van der Waals surface area contributed by atoms with E-state index < -0.39 is 0 Å². The molecule has 108 valence electrons. The zero-order chi connectivity index (χ0) is 14.5. The number of hydrogen-bond acceptors (Lipinski definition) is 4. The lowest BCUT2D eigenvalue weighted by atomic mass is 10.1. The zero-order valence-electron chi connectivity index (χ0n) is 11.7. The Kier molecular flexibility index (Phi) is 5.46. The fourth-order valence-electron chi connectivity index (χ4n) is 1.87. The Morgan fingerprint density at radius 1 is 1.30 bits per heavy atom. The van der Waals surface area contributed by atoms with Gasteiger partial charge in [-0.2, -0.15) is 0 Å². The minimum absolute atomic E-state index is 0.0529. The van der Waals surface area contributed by atoms with Gasteiger partial charge in [0, 0.05) is 17.2 Å². The van der Waals surface area contributed by atoms with Crippen molar-refractivity contribution in [1.29, 1.82) is 0 Å². The number of nitrogens with zero attached hydrogens (tertiary/aromatic N) is 2. The van der Waals surface area contributed by atoms with Crippen molar-refractivity contribution in [2.75, 3.05) is 0 Å². The number of aromatic nitrogens is 2. The minimum atomic E-state index is 0.0529. The van der Waals surface area contributed by atoms with Crippen molar-refractivity contribution < 1.29 is 10.2 Å². The van der Waals surface area contributed by atoms with Crippen LogP contribution in [0.4, 0.5) is 0 Å². The molecule has 2 aromatic rings. The first-order chi connectivity index (χ1) is 9.56. The number of thioether (sulfide) groups is 1. The summed E-state index contributed by atoms with van der Waals surface area (Å²) in [6.07, 6.45) is 0.941. The molecule has 1 aromatic carbocycles. The van der Waals surface area contributed by atoms with Crippen molar-refractivity contribution in [2.24, 2.45) is 5.92 Å². The Hall–Kier alpha value is -1.04. The third kappa shape index (κ3) is 4.23. The van der Waals surface area contributed by atoms with Crippen molar-refractivity contribution in [1.82, 2.24) is 10.2 Å². The number of hydrogen-bond donors (Lipinski definition) is 1. The molecule has 1 aromatic heterocycles. The van der Waals surface area contributed by atoms with Crippen LogP contribution in [0.5, 0.6) is 0 Å². The summed E-state index contributed by atoms with van der Waals surface area (Å²) in [5, 5.41) is 9.45. The molecule has 6 heteroatoms. The van der Waals surface area contributed by atoms with Gasteiger partial charge in [0.1, 0.15) is 0 Å². The smallest absolute Gasteiger partial charge is 0.277 e. The Morgan fingerprint density at radius 2 is 2.05 bits per heavy atom. The maximum Gasteiger partial charge on any atom is 0.277 e. The lowest BCUT2D eigenvalue weighted by molar-refractivity contribution is -0.435. The average molecular weight is 313 g/mol. The van der Waals surface area contributed by atoms with E-state index in [9.17, 15) is 0 Å². The molecule has 0 saturated heterocycles. The van der Waals surface area contributed by atoms with Gasteiger partial charge >= 0.3 is 0 Å². The van der Waals surface area contributed by atoms with Gasteiger partial charge in [-0.05, 0) is 17.5 Å². The molecule has 2 rings (SSSR count). The standard InChI is InChI=1S/C14H18ClN3OS/c1-9(2)7-12(16)13-17-18-14(19-13)20-8-10-5-3-4-6-11(10)15/h3-6,9,12H,7-8,16H2,1-2H3/p+1/t12-/m0/s1. The monoisotopic (exact) mass is 312 g/mol. The molecule has 0 bridgehead atoms. The molecule has 0 radical (unpaired) electrons. The number of benzene rings is 1. The van der Waals surface area contributed by atoms with E-state index in [1.165, 1.54) is 11.8 Å². The van der Waals surface area contributed by atoms with Crippen LogP contribution in [0.3, 0.4) is 0 Å². The summed E-state index contributed by atoms with van der Waals surface area (Å²) >= 11 is 7.61. The van der Waals surface area contributed by atoms with E-state index in [4.69, 9.17) is 16.0 Å². The third-order valence-electron chi connectivity index (χ3n) is 2.84. The van der Waals surface area contributed by atoms with E-state index in [2.05, 4.69) is 29.8 Å². The van der Waals surface area contributed by atoms with E-state index in [-0.39, 0.29) is 6.04 Å². The van der Waals surface area contributed by atoms with Crippen LogP contribution >= 0.6 is 23.4 Å². The van der Waals surface area contributed by atoms with Gasteiger partial charge in [-0.15, -0.1) is 10.2 Å². The second-order valence-electron chi connectivity index (χ2n) is 5.11. The average Bonchev–Trinajstić information content (AvgIpc) is 2.86. The number of quaternary nitrogens is 1. The quantitative estimate of drug-likeness (QED) is 0.831. The van der Waals surface area contributed by atoms with E-state index in [1.807, 2.05) is 24.3 Å². The Labute approximate surface area is 128 Å². The van der Waals surface area contributed by atoms with Crippen LogP contribution in [-0.2, 0) is 5.75 Å². The van der Waals surface area contributed by atoms with Crippen molar-refractivity contribution in [3.8, 4) is 0 Å². The highest BCUT2D eigenvalue weighted by molar-refractivity contribution is 7.98. The maximum atomic E-state index is 6.11. The first-order valence-corrected chi connectivity index (χ1v) is 7.95. The van der Waals surface area contributed by atoms with E-state index in [0.717, 1.165) is 17.0 Å². The molecule has 1 atom stereocenters.